The lowest BCUT2D eigenvalue weighted by Crippen LogP contribution is -2.12. The van der Waals surface area contributed by atoms with E-state index in [1.54, 1.807) is 12.3 Å². The number of hydrogen-bond acceptors (Lipinski definition) is 5. The third-order valence-electron chi connectivity index (χ3n) is 4.22. The second kappa shape index (κ2) is 7.74. The van der Waals surface area contributed by atoms with Crippen LogP contribution >= 0.6 is 11.3 Å². The summed E-state index contributed by atoms with van der Waals surface area (Å²) in [5.74, 6) is 0.0597. The van der Waals surface area contributed by atoms with Gasteiger partial charge in [0.05, 0.1) is 17.6 Å². The highest BCUT2D eigenvalue weighted by atomic mass is 32.1. The predicted molar refractivity (Wildman–Crippen MR) is 111 cm³/mol. The third kappa shape index (κ3) is 3.70. The highest BCUT2D eigenvalue weighted by Gasteiger charge is 2.14. The summed E-state index contributed by atoms with van der Waals surface area (Å²) in [6, 6.07) is 19.3. The molecule has 0 saturated carbocycles. The highest BCUT2D eigenvalue weighted by Crippen LogP contribution is 2.24. The fraction of sp³-hybridized carbons (Fsp3) is 0.143. The van der Waals surface area contributed by atoms with Gasteiger partial charge in [-0.2, -0.15) is 5.10 Å². The molecule has 6 nitrogen and oxygen atoms in total. The fourth-order valence-corrected chi connectivity index (χ4v) is 3.54. The molecule has 2 aromatic carbocycles. The van der Waals surface area contributed by atoms with Gasteiger partial charge in [-0.05, 0) is 24.3 Å². The number of rotatable bonds is 5. The molecule has 7 heteroatoms. The van der Waals surface area contributed by atoms with Crippen molar-refractivity contribution in [3.63, 3.8) is 0 Å². The van der Waals surface area contributed by atoms with Crippen LogP contribution in [0.4, 0.5) is 5.13 Å². The van der Waals surface area contributed by atoms with Crippen LogP contribution in [0.1, 0.15) is 35.1 Å². The molecule has 0 radical (unpaired) electrons. The van der Waals surface area contributed by atoms with Gasteiger partial charge in [-0.1, -0.05) is 61.6 Å². The Labute approximate surface area is 166 Å². The van der Waals surface area contributed by atoms with Gasteiger partial charge >= 0.3 is 0 Å². The second-order valence-corrected chi connectivity index (χ2v) is 7.61. The standard InChI is InChI=1S/C21H19N5OS/c1-14(2)20-24-25-21(28-20)23-19(27)16-9-6-10-17(13-16)26-18(11-12-22-26)15-7-4-3-5-8-15/h3-14H,1-2H3,(H,23,25,27). The zero-order chi connectivity index (χ0) is 19.5. The Morgan fingerprint density at radius 2 is 1.86 bits per heavy atom. The topological polar surface area (TPSA) is 72.7 Å². The van der Waals surface area contributed by atoms with Gasteiger partial charge < -0.3 is 0 Å². The van der Waals surface area contributed by atoms with Gasteiger partial charge in [0.1, 0.15) is 5.01 Å². The Balaban J connectivity index is 1.60. The van der Waals surface area contributed by atoms with Crippen LogP contribution in [0.15, 0.2) is 66.9 Å². The SMILES string of the molecule is CC(C)c1nnc(NC(=O)c2cccc(-n3nccc3-c3ccccc3)c2)s1. The molecule has 28 heavy (non-hydrogen) atoms. The molecule has 0 spiro atoms. The molecule has 0 saturated heterocycles. The Kier molecular flexibility index (Phi) is 4.99. The van der Waals surface area contributed by atoms with Gasteiger partial charge in [-0.15, -0.1) is 10.2 Å². The highest BCUT2D eigenvalue weighted by molar-refractivity contribution is 7.15. The lowest BCUT2D eigenvalue weighted by Gasteiger charge is -2.09. The Morgan fingerprint density at radius 3 is 2.61 bits per heavy atom. The van der Waals surface area contributed by atoms with E-state index in [0.29, 0.717) is 10.7 Å². The minimum absolute atomic E-state index is 0.221. The first kappa shape index (κ1) is 18.1. The quantitative estimate of drug-likeness (QED) is 0.534. The summed E-state index contributed by atoms with van der Waals surface area (Å²) in [5, 5.41) is 16.8. The normalized spacial score (nSPS) is 11.0. The fourth-order valence-electron chi connectivity index (χ4n) is 2.80. The maximum atomic E-state index is 12.7. The zero-order valence-corrected chi connectivity index (χ0v) is 16.4. The number of aromatic nitrogens is 4. The molecular formula is C21H19N5OS. The lowest BCUT2D eigenvalue weighted by atomic mass is 10.1. The molecule has 0 aliphatic carbocycles. The summed E-state index contributed by atoms with van der Waals surface area (Å²) in [6.45, 7) is 4.09. The minimum Gasteiger partial charge on any atom is -0.296 e. The van der Waals surface area contributed by atoms with Gasteiger partial charge in [0.25, 0.3) is 5.91 Å². The number of nitrogens with one attached hydrogen (secondary N) is 1. The van der Waals surface area contributed by atoms with Crippen molar-refractivity contribution in [1.29, 1.82) is 0 Å². The van der Waals surface area contributed by atoms with E-state index in [-0.39, 0.29) is 11.8 Å². The monoisotopic (exact) mass is 389 g/mol. The van der Waals surface area contributed by atoms with Crippen molar-refractivity contribution in [2.75, 3.05) is 5.32 Å². The van der Waals surface area contributed by atoms with E-state index in [2.05, 4.69) is 20.6 Å². The average Bonchev–Trinajstić information content (AvgIpc) is 3.38. The van der Waals surface area contributed by atoms with Crippen molar-refractivity contribution in [1.82, 2.24) is 20.0 Å². The van der Waals surface area contributed by atoms with E-state index < -0.39 is 0 Å². The van der Waals surface area contributed by atoms with Gasteiger partial charge in [0.2, 0.25) is 5.13 Å². The Bertz CT molecular complexity index is 1100. The van der Waals surface area contributed by atoms with Crippen molar-refractivity contribution < 1.29 is 4.79 Å². The van der Waals surface area contributed by atoms with Crippen molar-refractivity contribution in [2.45, 2.75) is 19.8 Å². The van der Waals surface area contributed by atoms with Gasteiger partial charge in [-0.3, -0.25) is 10.1 Å². The molecule has 0 fully saturated rings. The summed E-state index contributed by atoms with van der Waals surface area (Å²) in [4.78, 5) is 12.7. The molecule has 0 bridgehead atoms. The minimum atomic E-state index is -0.221. The predicted octanol–water partition coefficient (Wildman–Crippen LogP) is 4.77. The van der Waals surface area contributed by atoms with E-state index in [1.807, 2.05) is 73.1 Å². The summed E-state index contributed by atoms with van der Waals surface area (Å²) in [6.07, 6.45) is 1.75. The van der Waals surface area contributed by atoms with E-state index in [1.165, 1.54) is 11.3 Å². The number of benzene rings is 2. The zero-order valence-electron chi connectivity index (χ0n) is 15.5. The first-order valence-electron chi connectivity index (χ1n) is 8.96. The maximum absolute atomic E-state index is 12.7. The molecule has 0 atom stereocenters. The van der Waals surface area contributed by atoms with Crippen molar-refractivity contribution in [3.8, 4) is 16.9 Å². The van der Waals surface area contributed by atoms with Crippen LogP contribution in [0, 0.1) is 0 Å². The smallest absolute Gasteiger partial charge is 0.257 e. The largest absolute Gasteiger partial charge is 0.296 e. The summed E-state index contributed by atoms with van der Waals surface area (Å²) >= 11 is 1.39. The first-order valence-corrected chi connectivity index (χ1v) is 9.78. The number of nitrogens with zero attached hydrogens (tertiary/aromatic N) is 4. The molecule has 1 amide bonds. The number of amides is 1. The van der Waals surface area contributed by atoms with Gasteiger partial charge in [-0.25, -0.2) is 4.68 Å². The van der Waals surface area contributed by atoms with Crippen molar-refractivity contribution in [2.24, 2.45) is 0 Å². The van der Waals surface area contributed by atoms with Crippen LogP contribution in [0.3, 0.4) is 0 Å². The van der Waals surface area contributed by atoms with Crippen LogP contribution in [0.5, 0.6) is 0 Å². The number of anilines is 1. The van der Waals surface area contributed by atoms with Crippen LogP contribution in [-0.4, -0.2) is 25.9 Å². The van der Waals surface area contributed by atoms with E-state index in [9.17, 15) is 4.79 Å². The number of hydrogen-bond donors (Lipinski definition) is 1. The van der Waals surface area contributed by atoms with Gasteiger partial charge in [0, 0.05) is 17.0 Å². The van der Waals surface area contributed by atoms with Crippen LogP contribution in [0.2, 0.25) is 0 Å². The van der Waals surface area contributed by atoms with Crippen molar-refractivity contribution in [3.05, 3.63) is 77.4 Å². The lowest BCUT2D eigenvalue weighted by molar-refractivity contribution is 0.102. The van der Waals surface area contributed by atoms with Crippen LogP contribution in [-0.2, 0) is 0 Å². The molecule has 140 valence electrons. The maximum Gasteiger partial charge on any atom is 0.257 e. The molecule has 2 aromatic heterocycles. The molecule has 0 unspecified atom stereocenters. The van der Waals surface area contributed by atoms with Crippen LogP contribution in [0.25, 0.3) is 16.9 Å². The average molecular weight is 389 g/mol. The van der Waals surface area contributed by atoms with Crippen molar-refractivity contribution >= 4 is 22.4 Å². The first-order chi connectivity index (χ1) is 13.6. The van der Waals surface area contributed by atoms with Gasteiger partial charge in [0.15, 0.2) is 0 Å². The molecular weight excluding hydrogens is 370 g/mol. The Hall–Kier alpha value is -3.32. The summed E-state index contributed by atoms with van der Waals surface area (Å²) in [5.41, 5.74) is 3.37. The number of carbonyl (C=O) groups excluding carboxylic acids is 1. The van der Waals surface area contributed by atoms with E-state index in [0.717, 1.165) is 22.0 Å². The Morgan fingerprint density at radius 1 is 1.04 bits per heavy atom. The molecule has 1 N–H and O–H groups in total. The third-order valence-corrected chi connectivity index (χ3v) is 5.36. The van der Waals surface area contributed by atoms with E-state index in [4.69, 9.17) is 0 Å². The molecule has 4 rings (SSSR count). The summed E-state index contributed by atoms with van der Waals surface area (Å²) in [7, 11) is 0. The molecule has 0 aliphatic rings. The second-order valence-electron chi connectivity index (χ2n) is 6.60. The summed E-state index contributed by atoms with van der Waals surface area (Å²) < 4.78 is 1.83. The van der Waals surface area contributed by atoms with E-state index >= 15 is 0 Å². The molecule has 0 aliphatic heterocycles. The molecule has 2 heterocycles. The molecule has 4 aromatic rings. The number of carbonyl (C=O) groups is 1. The van der Waals surface area contributed by atoms with Crippen LogP contribution < -0.4 is 5.32 Å².